The Morgan fingerprint density at radius 3 is 2.38 bits per heavy atom. The lowest BCUT2D eigenvalue weighted by molar-refractivity contribution is -0.0799. The van der Waals surface area contributed by atoms with Gasteiger partial charge < -0.3 is 5.11 Å². The molecule has 4 heteroatoms. The standard InChI is InChI=1S/C9H16O3S/c10-9(4-2-5-9)8-3-1-6-13(11,12)7-8/h8,10H,1-7H2. The van der Waals surface area contributed by atoms with Crippen molar-refractivity contribution in [3.63, 3.8) is 0 Å². The van der Waals surface area contributed by atoms with Crippen molar-refractivity contribution in [3.05, 3.63) is 0 Å². The monoisotopic (exact) mass is 204 g/mol. The minimum atomic E-state index is -2.85. The van der Waals surface area contributed by atoms with Crippen LogP contribution in [-0.4, -0.2) is 30.6 Å². The maximum atomic E-state index is 11.3. The van der Waals surface area contributed by atoms with E-state index < -0.39 is 15.4 Å². The van der Waals surface area contributed by atoms with Crippen molar-refractivity contribution in [2.45, 2.75) is 37.7 Å². The zero-order valence-electron chi connectivity index (χ0n) is 7.70. The number of sulfone groups is 1. The Hall–Kier alpha value is -0.0900. The summed E-state index contributed by atoms with van der Waals surface area (Å²) in [6, 6.07) is 0. The van der Waals surface area contributed by atoms with Gasteiger partial charge >= 0.3 is 0 Å². The molecule has 3 nitrogen and oxygen atoms in total. The van der Waals surface area contributed by atoms with Crippen LogP contribution in [0.5, 0.6) is 0 Å². The highest BCUT2D eigenvalue weighted by Gasteiger charge is 2.45. The summed E-state index contributed by atoms with van der Waals surface area (Å²) in [6.45, 7) is 0. The minimum Gasteiger partial charge on any atom is -0.390 e. The molecular formula is C9H16O3S. The van der Waals surface area contributed by atoms with E-state index in [1.54, 1.807) is 0 Å². The fourth-order valence-corrected chi connectivity index (χ4v) is 4.26. The van der Waals surface area contributed by atoms with E-state index in [0.717, 1.165) is 32.1 Å². The van der Waals surface area contributed by atoms with Crippen LogP contribution in [0.2, 0.25) is 0 Å². The van der Waals surface area contributed by atoms with Gasteiger partial charge in [-0.3, -0.25) is 0 Å². The Bertz CT molecular complexity index is 290. The summed E-state index contributed by atoms with van der Waals surface area (Å²) in [5, 5.41) is 10.0. The molecule has 76 valence electrons. The molecule has 1 atom stereocenters. The van der Waals surface area contributed by atoms with Gasteiger partial charge in [-0.15, -0.1) is 0 Å². The molecule has 1 unspecified atom stereocenters. The third-order valence-corrected chi connectivity index (χ3v) is 5.26. The molecule has 0 bridgehead atoms. The second-order valence-corrected chi connectivity index (χ2v) is 6.64. The first kappa shape index (κ1) is 9.46. The molecule has 1 aliphatic carbocycles. The Balaban J connectivity index is 2.08. The molecule has 1 aliphatic heterocycles. The van der Waals surface area contributed by atoms with Gasteiger partial charge in [-0.2, -0.15) is 0 Å². The number of aliphatic hydroxyl groups is 1. The van der Waals surface area contributed by atoms with Gasteiger partial charge in [0.2, 0.25) is 0 Å². The molecule has 0 aromatic heterocycles. The smallest absolute Gasteiger partial charge is 0.150 e. The van der Waals surface area contributed by atoms with Crippen molar-refractivity contribution >= 4 is 9.84 Å². The average molecular weight is 204 g/mol. The van der Waals surface area contributed by atoms with E-state index in [4.69, 9.17) is 0 Å². The maximum Gasteiger partial charge on any atom is 0.150 e. The lowest BCUT2D eigenvalue weighted by atomic mass is 9.70. The molecule has 2 aliphatic rings. The summed E-state index contributed by atoms with van der Waals surface area (Å²) >= 11 is 0. The Kier molecular flexibility index (Phi) is 2.15. The van der Waals surface area contributed by atoms with Crippen molar-refractivity contribution < 1.29 is 13.5 Å². The van der Waals surface area contributed by atoms with Crippen molar-refractivity contribution in [3.8, 4) is 0 Å². The highest BCUT2D eigenvalue weighted by Crippen LogP contribution is 2.42. The quantitative estimate of drug-likeness (QED) is 0.685. The molecule has 1 heterocycles. The van der Waals surface area contributed by atoms with Crippen LogP contribution in [0.3, 0.4) is 0 Å². The van der Waals surface area contributed by atoms with E-state index in [9.17, 15) is 13.5 Å². The number of hydrogen-bond donors (Lipinski definition) is 1. The normalized spacial score (nSPS) is 36.5. The predicted molar refractivity (Wildman–Crippen MR) is 50.2 cm³/mol. The summed E-state index contributed by atoms with van der Waals surface area (Å²) in [5.41, 5.74) is -0.631. The van der Waals surface area contributed by atoms with E-state index in [1.807, 2.05) is 0 Å². The molecule has 2 rings (SSSR count). The zero-order chi connectivity index (χ0) is 9.53. The van der Waals surface area contributed by atoms with Crippen molar-refractivity contribution in [2.75, 3.05) is 11.5 Å². The second-order valence-electron chi connectivity index (χ2n) is 4.41. The Morgan fingerprint density at radius 2 is 1.92 bits per heavy atom. The largest absolute Gasteiger partial charge is 0.390 e. The van der Waals surface area contributed by atoms with Gasteiger partial charge in [0.05, 0.1) is 17.1 Å². The second kappa shape index (κ2) is 2.95. The summed E-state index contributed by atoms with van der Waals surface area (Å²) < 4.78 is 22.7. The van der Waals surface area contributed by atoms with Crippen LogP contribution in [0.15, 0.2) is 0 Å². The van der Waals surface area contributed by atoms with Crippen LogP contribution < -0.4 is 0 Å². The highest BCUT2D eigenvalue weighted by molar-refractivity contribution is 7.91. The van der Waals surface area contributed by atoms with Crippen LogP contribution in [0.4, 0.5) is 0 Å². The number of rotatable bonds is 1. The van der Waals surface area contributed by atoms with E-state index >= 15 is 0 Å². The van der Waals surface area contributed by atoms with Crippen molar-refractivity contribution in [1.29, 1.82) is 0 Å². The van der Waals surface area contributed by atoms with E-state index in [1.165, 1.54) is 0 Å². The summed E-state index contributed by atoms with van der Waals surface area (Å²) in [7, 11) is -2.85. The van der Waals surface area contributed by atoms with Gasteiger partial charge in [0.25, 0.3) is 0 Å². The first-order valence-corrected chi connectivity index (χ1v) is 6.77. The maximum absolute atomic E-state index is 11.3. The van der Waals surface area contributed by atoms with Gasteiger partial charge in [0.1, 0.15) is 0 Å². The Labute approximate surface area is 79.1 Å². The van der Waals surface area contributed by atoms with Crippen LogP contribution in [0.25, 0.3) is 0 Å². The molecule has 2 fully saturated rings. The lowest BCUT2D eigenvalue weighted by Gasteiger charge is -2.44. The minimum absolute atomic E-state index is 0.0139. The van der Waals surface area contributed by atoms with Crippen LogP contribution >= 0.6 is 0 Å². The average Bonchev–Trinajstić information content (AvgIpc) is 1.98. The molecule has 1 N–H and O–H groups in total. The highest BCUT2D eigenvalue weighted by atomic mass is 32.2. The van der Waals surface area contributed by atoms with Crippen LogP contribution in [-0.2, 0) is 9.84 Å². The van der Waals surface area contributed by atoms with Gasteiger partial charge in [-0.25, -0.2) is 8.42 Å². The van der Waals surface area contributed by atoms with Gasteiger partial charge in [-0.1, -0.05) is 0 Å². The van der Waals surface area contributed by atoms with Crippen LogP contribution in [0.1, 0.15) is 32.1 Å². The molecule has 0 aromatic rings. The molecule has 1 saturated heterocycles. The van der Waals surface area contributed by atoms with Crippen molar-refractivity contribution in [2.24, 2.45) is 5.92 Å². The Morgan fingerprint density at radius 1 is 1.23 bits per heavy atom. The first-order chi connectivity index (χ1) is 6.02. The lowest BCUT2D eigenvalue weighted by Crippen LogP contribution is -2.49. The van der Waals surface area contributed by atoms with Gasteiger partial charge in [-0.05, 0) is 32.1 Å². The van der Waals surface area contributed by atoms with Gasteiger partial charge in [0, 0.05) is 5.92 Å². The molecule has 0 radical (unpaired) electrons. The summed E-state index contributed by atoms with van der Waals surface area (Å²) in [6.07, 6.45) is 4.26. The molecule has 0 spiro atoms. The summed E-state index contributed by atoms with van der Waals surface area (Å²) in [5.74, 6) is 0.545. The number of hydrogen-bond acceptors (Lipinski definition) is 3. The molecule has 13 heavy (non-hydrogen) atoms. The fourth-order valence-electron chi connectivity index (χ4n) is 2.39. The first-order valence-electron chi connectivity index (χ1n) is 4.95. The molecule has 0 amide bonds. The molecule has 0 aromatic carbocycles. The van der Waals surface area contributed by atoms with Crippen molar-refractivity contribution in [1.82, 2.24) is 0 Å². The zero-order valence-corrected chi connectivity index (χ0v) is 8.52. The van der Waals surface area contributed by atoms with Crippen LogP contribution in [0, 0.1) is 5.92 Å². The fraction of sp³-hybridized carbons (Fsp3) is 1.00. The predicted octanol–water partition coefficient (Wildman–Crippen LogP) is 0.726. The van der Waals surface area contributed by atoms with E-state index in [2.05, 4.69) is 0 Å². The third kappa shape index (κ3) is 1.74. The van der Waals surface area contributed by atoms with E-state index in [-0.39, 0.29) is 11.7 Å². The van der Waals surface area contributed by atoms with E-state index in [0.29, 0.717) is 5.75 Å². The third-order valence-electron chi connectivity index (χ3n) is 3.44. The molecule has 1 saturated carbocycles. The SMILES string of the molecule is O=S1(=O)CCCC(C2(O)CCC2)C1. The van der Waals surface area contributed by atoms with Gasteiger partial charge in [0.15, 0.2) is 9.84 Å². The molecular weight excluding hydrogens is 188 g/mol. The topological polar surface area (TPSA) is 54.4 Å². The summed E-state index contributed by atoms with van der Waals surface area (Å²) in [4.78, 5) is 0.